The van der Waals surface area contributed by atoms with Crippen molar-refractivity contribution in [2.75, 3.05) is 13.2 Å². The van der Waals surface area contributed by atoms with E-state index in [2.05, 4.69) is 53.1 Å². The molecule has 0 aromatic heterocycles. The minimum Gasteiger partial charge on any atom is -0.507 e. The summed E-state index contributed by atoms with van der Waals surface area (Å²) < 4.78 is 51.5. The van der Waals surface area contributed by atoms with Gasteiger partial charge < -0.3 is 58.3 Å². The molecule has 92 heavy (non-hydrogen) atoms. The second-order valence-corrected chi connectivity index (χ2v) is 43.2. The van der Waals surface area contributed by atoms with Crippen LogP contribution in [0.1, 0.15) is 227 Å². The molecule has 0 saturated carbocycles. The number of aliphatic hydroxyl groups excluding tert-OH is 2. The van der Waals surface area contributed by atoms with Crippen LogP contribution in [0.5, 0.6) is 11.5 Å². The van der Waals surface area contributed by atoms with Gasteiger partial charge in [-0.25, -0.2) is 9.59 Å². The number of cyclic esters (lactones) is 2. The first-order chi connectivity index (χ1) is 43.4. The third-order valence-electron chi connectivity index (χ3n) is 20.8. The summed E-state index contributed by atoms with van der Waals surface area (Å²) in [7, 11) is -2.80. The summed E-state index contributed by atoms with van der Waals surface area (Å²) in [5, 5.41) is 46.8. The second kappa shape index (κ2) is 34.9. The van der Waals surface area contributed by atoms with Crippen LogP contribution in [0.25, 0.3) is 0 Å². The predicted octanol–water partition coefficient (Wildman–Crippen LogP) is 15.2. The number of ether oxygens (including phenoxy) is 8. The zero-order chi connectivity index (χ0) is 67.0. The van der Waals surface area contributed by atoms with Gasteiger partial charge in [-0.2, -0.15) is 0 Å². The molecule has 2 aromatic carbocycles. The highest BCUT2D eigenvalue weighted by molar-refractivity contribution is 6.76. The van der Waals surface area contributed by atoms with E-state index in [0.717, 1.165) is 89.1 Å². The molecule has 18 heteroatoms. The molecule has 7 rings (SSSR count). The Hall–Kier alpha value is -3.89. The number of carbonyl (C=O) groups excluding carboxylic acids is 4. The van der Waals surface area contributed by atoms with Crippen LogP contribution < -0.4 is 0 Å². The first-order valence-corrected chi connectivity index (χ1v) is 43.2. The van der Waals surface area contributed by atoms with Crippen molar-refractivity contribution in [1.29, 1.82) is 0 Å². The quantitative estimate of drug-likeness (QED) is 0.0619. The molecule has 520 valence electrons. The van der Waals surface area contributed by atoms with Crippen LogP contribution in [0.2, 0.25) is 51.4 Å². The highest BCUT2D eigenvalue weighted by Crippen LogP contribution is 2.40. The van der Waals surface area contributed by atoms with Crippen LogP contribution in [0.3, 0.4) is 0 Å². The number of hydrogen-bond donors (Lipinski definition) is 4. The molecule has 2 aromatic rings. The minimum atomic E-state index is -1.40. The van der Waals surface area contributed by atoms with Crippen LogP contribution in [0.4, 0.5) is 0 Å². The Kier molecular flexibility index (Phi) is 28.6. The third kappa shape index (κ3) is 23.2. The Morgan fingerprint density at radius 1 is 0.489 bits per heavy atom. The molecule has 0 aliphatic carbocycles. The predicted molar refractivity (Wildman–Crippen MR) is 364 cm³/mol. The lowest BCUT2D eigenvalue weighted by Gasteiger charge is -2.39. The fourth-order valence-corrected chi connectivity index (χ4v) is 15.9. The Morgan fingerprint density at radius 2 is 0.837 bits per heavy atom. The molecule has 0 unspecified atom stereocenters. The molecule has 5 heterocycles. The maximum absolute atomic E-state index is 14.6. The van der Waals surface area contributed by atoms with E-state index in [4.69, 9.17) is 37.9 Å². The van der Waals surface area contributed by atoms with Gasteiger partial charge >= 0.3 is 23.9 Å². The SMILES string of the molecule is C[C@H]1CC[C@H]2CCC[C@@H](CCCc3cccc(O)c3C(=O)O[C@H](C[C@@H](O)C[C@@H]3CCC[C@H](C(C)(C)C(=O)OCC[Si](C)(C)C)O3)[C@@H](C)CC[C@@H]3CCC[C@H](CCCc4cccc(O)c4C(=O)O[C@@H]1C[C@@H](O)C[C@@H]1CCC[C@H](C(C)(C)C(=O)OCC[Si](C)(C)C)O1)O3)O2. The highest BCUT2D eigenvalue weighted by Gasteiger charge is 2.45. The number of aliphatic hydroxyl groups is 2. The number of carbonyl (C=O) groups is 4. The van der Waals surface area contributed by atoms with Crippen LogP contribution in [-0.2, 0) is 60.3 Å². The van der Waals surface area contributed by atoms with Gasteiger partial charge in [-0.15, -0.1) is 0 Å². The van der Waals surface area contributed by atoms with Gasteiger partial charge in [-0.3, -0.25) is 9.59 Å². The summed E-state index contributed by atoms with van der Waals surface area (Å²) in [5.41, 5.74) is -0.0747. The Bertz CT molecular complexity index is 2470. The summed E-state index contributed by atoms with van der Waals surface area (Å²) in [6.45, 7) is 26.0. The van der Waals surface area contributed by atoms with E-state index in [1.807, 2.05) is 39.8 Å². The molecular formula is C74H120O16Si2. The van der Waals surface area contributed by atoms with Gasteiger partial charge in [-0.05, 0) is 229 Å². The zero-order valence-electron chi connectivity index (χ0n) is 58.4. The number of rotatable bonds is 18. The second-order valence-electron chi connectivity index (χ2n) is 32.0. The van der Waals surface area contributed by atoms with Crippen molar-refractivity contribution in [3.8, 4) is 11.5 Å². The van der Waals surface area contributed by atoms with Crippen molar-refractivity contribution in [1.82, 2.24) is 0 Å². The lowest BCUT2D eigenvalue weighted by atomic mass is 9.81. The van der Waals surface area contributed by atoms with Crippen molar-refractivity contribution < 1.29 is 77.5 Å². The number of fused-ring (bicyclic) bond motifs is 6. The summed E-state index contributed by atoms with van der Waals surface area (Å²) in [5.74, 6) is -2.44. The van der Waals surface area contributed by atoms with E-state index in [0.29, 0.717) is 101 Å². The maximum Gasteiger partial charge on any atom is 0.342 e. The topological polar surface area (TPSA) is 223 Å². The van der Waals surface area contributed by atoms with Crippen molar-refractivity contribution in [2.24, 2.45) is 22.7 Å². The van der Waals surface area contributed by atoms with E-state index in [1.165, 1.54) is 12.1 Å². The van der Waals surface area contributed by atoms with Gasteiger partial charge in [0, 0.05) is 29.0 Å². The number of aromatic hydroxyl groups is 2. The number of esters is 4. The number of aryl methyl sites for hydroxylation is 2. The monoisotopic (exact) mass is 1320 g/mol. The number of phenols is 2. The average Bonchev–Trinajstić information content (AvgIpc) is 0.880. The molecule has 0 radical (unpaired) electrons. The third-order valence-corrected chi connectivity index (χ3v) is 24.2. The van der Waals surface area contributed by atoms with Gasteiger partial charge in [0.15, 0.2) is 0 Å². The lowest BCUT2D eigenvalue weighted by molar-refractivity contribution is -0.174. The molecular weight excluding hydrogens is 1200 g/mol. The van der Waals surface area contributed by atoms with E-state index >= 15 is 0 Å². The van der Waals surface area contributed by atoms with Crippen LogP contribution in [-0.4, -0.2) is 147 Å². The molecule has 14 atom stereocenters. The van der Waals surface area contributed by atoms with E-state index in [9.17, 15) is 39.6 Å². The fourth-order valence-electron chi connectivity index (χ4n) is 14.4. The molecule has 0 spiro atoms. The maximum atomic E-state index is 14.6. The first-order valence-electron chi connectivity index (χ1n) is 35.8. The number of benzene rings is 2. The fraction of sp³-hybridized carbons (Fsp3) is 0.784. The van der Waals surface area contributed by atoms with Crippen molar-refractivity contribution in [2.45, 2.75) is 333 Å². The smallest absolute Gasteiger partial charge is 0.342 e. The Balaban J connectivity index is 1.05. The van der Waals surface area contributed by atoms with Crippen molar-refractivity contribution in [3.63, 3.8) is 0 Å². The van der Waals surface area contributed by atoms with Crippen molar-refractivity contribution >= 4 is 40.0 Å². The molecule has 0 amide bonds. The Morgan fingerprint density at radius 3 is 1.21 bits per heavy atom. The van der Waals surface area contributed by atoms with Crippen molar-refractivity contribution in [3.05, 3.63) is 58.7 Å². The summed E-state index contributed by atoms with van der Waals surface area (Å²) >= 11 is 0. The molecule has 16 nitrogen and oxygen atoms in total. The highest BCUT2D eigenvalue weighted by atomic mass is 28.3. The lowest BCUT2D eigenvalue weighted by Crippen LogP contribution is -2.45. The summed E-state index contributed by atoms with van der Waals surface area (Å²) in [6, 6.07) is 12.1. The standard InChI is InChI=1S/C74H120O16Si2/c1-49-37-39-57-29-17-27-55(85-57)25-14-22-52-24-16-34-62(78)68(52)70(80)90-64(48-54(76)46-60-32-20-36-66(88-60)74(5,6)72(82)84-42-44-92(10,11)12)50(2)38-40-58-30-18-28-56(86-58)26-13-21-51-23-15-33-61(77)67(51)69(79)89-63(49)47-53(75)45-59-31-19-35-65(87-59)73(3,4)71(81)83-41-43-91(7,8)9/h15-16,23-24,33-34,49-50,53-60,63-66,75-78H,13-14,17-22,25-32,35-48H2,1-12H3/t49-,50-,53-,54-,55-,56+,57-,58+,59-,60-,63+,64+,65+,66+/m0/s1. The normalized spacial score (nSPS) is 29.2. The molecule has 4 bridgehead atoms. The largest absolute Gasteiger partial charge is 0.507 e. The summed E-state index contributed by atoms with van der Waals surface area (Å²) in [4.78, 5) is 56.2. The van der Waals surface area contributed by atoms with Crippen LogP contribution in [0.15, 0.2) is 36.4 Å². The number of phenolic OH excluding ortho intramolecular Hbond substituents is 2. The van der Waals surface area contributed by atoms with Gasteiger partial charge in [-0.1, -0.05) is 77.4 Å². The van der Waals surface area contributed by atoms with E-state index in [1.54, 1.807) is 12.1 Å². The first kappa shape index (κ1) is 75.5. The minimum absolute atomic E-state index is 0.0203. The zero-order valence-corrected chi connectivity index (χ0v) is 60.4. The van der Waals surface area contributed by atoms with Crippen LogP contribution in [0, 0.1) is 22.7 Å². The average molecular weight is 1320 g/mol. The van der Waals surface area contributed by atoms with Gasteiger partial charge in [0.2, 0.25) is 0 Å². The number of hydrogen-bond acceptors (Lipinski definition) is 16. The molecule has 4 fully saturated rings. The molecule has 5 aliphatic rings. The molecule has 4 saturated heterocycles. The Labute approximate surface area is 554 Å². The molecule has 5 aliphatic heterocycles. The summed E-state index contributed by atoms with van der Waals surface area (Å²) in [6.07, 6.45) is 13.0. The van der Waals surface area contributed by atoms with Gasteiger partial charge in [0.25, 0.3) is 0 Å². The van der Waals surface area contributed by atoms with Gasteiger partial charge in [0.1, 0.15) is 34.8 Å². The molecule has 4 N–H and O–H groups in total. The van der Waals surface area contributed by atoms with Gasteiger partial charge in [0.05, 0.1) is 85.1 Å². The van der Waals surface area contributed by atoms with E-state index < -0.39 is 63.3 Å². The van der Waals surface area contributed by atoms with E-state index in [-0.39, 0.29) is 108 Å². The van der Waals surface area contributed by atoms with Crippen LogP contribution >= 0.6 is 0 Å².